The molecule has 0 spiro atoms. The minimum absolute atomic E-state index is 0.0964. The van der Waals surface area contributed by atoms with E-state index in [0.29, 0.717) is 32.5 Å². The molecule has 20 heavy (non-hydrogen) atoms. The zero-order valence-corrected chi connectivity index (χ0v) is 11.6. The number of aliphatic carboxylic acids is 1. The summed E-state index contributed by atoms with van der Waals surface area (Å²) in [6, 6.07) is 0. The molecule has 0 bridgehead atoms. The van der Waals surface area contributed by atoms with Gasteiger partial charge in [0.1, 0.15) is 0 Å². The van der Waals surface area contributed by atoms with Crippen molar-refractivity contribution < 1.29 is 23.1 Å². The Morgan fingerprint density at radius 3 is 2.15 bits per heavy atom. The lowest BCUT2D eigenvalue weighted by molar-refractivity contribution is -0.186. The number of carbonyl (C=O) groups is 1. The van der Waals surface area contributed by atoms with E-state index in [4.69, 9.17) is 0 Å². The lowest BCUT2D eigenvalue weighted by Crippen LogP contribution is -2.48. The Hall–Kier alpha value is -0.780. The molecule has 1 aliphatic carbocycles. The van der Waals surface area contributed by atoms with Crippen LogP contribution in [0.3, 0.4) is 0 Å². The summed E-state index contributed by atoms with van der Waals surface area (Å²) < 4.78 is 37.9. The Morgan fingerprint density at radius 2 is 1.70 bits per heavy atom. The van der Waals surface area contributed by atoms with Crippen LogP contribution in [-0.2, 0) is 4.79 Å². The molecule has 1 aliphatic heterocycles. The predicted molar refractivity (Wildman–Crippen MR) is 68.4 cm³/mol. The molecule has 0 radical (unpaired) electrons. The molecule has 1 heterocycles. The van der Waals surface area contributed by atoms with Gasteiger partial charge in [0, 0.05) is 6.54 Å². The average molecular weight is 293 g/mol. The van der Waals surface area contributed by atoms with Crippen LogP contribution in [0.1, 0.15) is 44.9 Å². The zero-order chi connectivity index (χ0) is 14.8. The van der Waals surface area contributed by atoms with Gasteiger partial charge in [-0.05, 0) is 38.8 Å². The van der Waals surface area contributed by atoms with Crippen LogP contribution in [-0.4, -0.2) is 41.8 Å². The second-order valence-electron chi connectivity index (χ2n) is 6.24. The van der Waals surface area contributed by atoms with E-state index in [1.807, 2.05) is 4.90 Å². The second-order valence-corrected chi connectivity index (χ2v) is 6.24. The number of alkyl halides is 3. The average Bonchev–Trinajstić information content (AvgIpc) is 2.39. The third kappa shape index (κ3) is 3.45. The Kier molecular flexibility index (Phi) is 4.62. The van der Waals surface area contributed by atoms with E-state index in [1.165, 1.54) is 0 Å². The van der Waals surface area contributed by atoms with Crippen molar-refractivity contribution in [2.45, 2.75) is 51.1 Å². The highest BCUT2D eigenvalue weighted by atomic mass is 19.4. The molecular formula is C14H22F3NO2. The van der Waals surface area contributed by atoms with E-state index in [9.17, 15) is 23.1 Å². The maximum atomic E-state index is 12.6. The smallest absolute Gasteiger partial charge is 0.391 e. The number of piperidine rings is 1. The summed E-state index contributed by atoms with van der Waals surface area (Å²) in [5.41, 5.74) is -0.733. The van der Waals surface area contributed by atoms with Gasteiger partial charge in [-0.25, -0.2) is 0 Å². The molecule has 0 unspecified atom stereocenters. The zero-order valence-electron chi connectivity index (χ0n) is 11.6. The Balaban J connectivity index is 1.92. The molecule has 3 nitrogen and oxygen atoms in total. The van der Waals surface area contributed by atoms with Gasteiger partial charge in [0.25, 0.3) is 0 Å². The molecule has 0 aromatic heterocycles. The Bertz CT molecular complexity index is 343. The first kappa shape index (κ1) is 15.6. The Labute approximate surface area is 117 Å². The van der Waals surface area contributed by atoms with Gasteiger partial charge in [-0.3, -0.25) is 4.79 Å². The first-order valence-corrected chi connectivity index (χ1v) is 7.36. The highest BCUT2D eigenvalue weighted by molar-refractivity contribution is 5.75. The second kappa shape index (κ2) is 5.92. The predicted octanol–water partition coefficient (Wildman–Crippen LogP) is 3.30. The summed E-state index contributed by atoms with van der Waals surface area (Å²) in [6.45, 7) is 1.13. The molecule has 2 fully saturated rings. The van der Waals surface area contributed by atoms with Crippen molar-refractivity contribution in [3.8, 4) is 0 Å². The molecule has 116 valence electrons. The van der Waals surface area contributed by atoms with E-state index in [0.717, 1.165) is 19.3 Å². The van der Waals surface area contributed by atoms with E-state index < -0.39 is 23.5 Å². The number of nitrogens with zero attached hydrogens (tertiary/aromatic N) is 1. The van der Waals surface area contributed by atoms with Crippen LogP contribution in [0.15, 0.2) is 0 Å². The largest absolute Gasteiger partial charge is 0.481 e. The van der Waals surface area contributed by atoms with Crippen molar-refractivity contribution in [3.05, 3.63) is 0 Å². The van der Waals surface area contributed by atoms with Crippen molar-refractivity contribution in [2.24, 2.45) is 11.3 Å². The van der Waals surface area contributed by atoms with E-state index in [-0.39, 0.29) is 12.8 Å². The van der Waals surface area contributed by atoms with Crippen molar-refractivity contribution >= 4 is 5.97 Å². The quantitative estimate of drug-likeness (QED) is 0.868. The lowest BCUT2D eigenvalue weighted by Gasteiger charge is -2.40. The summed E-state index contributed by atoms with van der Waals surface area (Å²) >= 11 is 0. The van der Waals surface area contributed by atoms with E-state index in [2.05, 4.69) is 0 Å². The van der Waals surface area contributed by atoms with Gasteiger partial charge < -0.3 is 10.0 Å². The molecule has 2 aliphatic rings. The van der Waals surface area contributed by atoms with Crippen molar-refractivity contribution in [1.29, 1.82) is 0 Å². The first-order chi connectivity index (χ1) is 9.33. The van der Waals surface area contributed by atoms with Gasteiger partial charge in [-0.1, -0.05) is 19.3 Å². The van der Waals surface area contributed by atoms with Crippen LogP contribution in [0, 0.1) is 11.3 Å². The van der Waals surface area contributed by atoms with Gasteiger partial charge in [0.15, 0.2) is 0 Å². The minimum atomic E-state index is -4.11. The van der Waals surface area contributed by atoms with Crippen LogP contribution in [0.5, 0.6) is 0 Å². The van der Waals surface area contributed by atoms with Crippen LogP contribution < -0.4 is 0 Å². The van der Waals surface area contributed by atoms with Crippen LogP contribution >= 0.6 is 0 Å². The van der Waals surface area contributed by atoms with Crippen molar-refractivity contribution in [3.63, 3.8) is 0 Å². The summed E-state index contributed by atoms with van der Waals surface area (Å²) in [7, 11) is 0. The molecule has 1 N–H and O–H groups in total. The fraction of sp³-hybridized carbons (Fsp3) is 0.929. The van der Waals surface area contributed by atoms with Crippen LogP contribution in [0.2, 0.25) is 0 Å². The molecule has 0 aromatic carbocycles. The van der Waals surface area contributed by atoms with E-state index in [1.54, 1.807) is 0 Å². The molecule has 2 rings (SSSR count). The van der Waals surface area contributed by atoms with Gasteiger partial charge in [0.05, 0.1) is 11.3 Å². The Morgan fingerprint density at radius 1 is 1.15 bits per heavy atom. The third-order valence-electron chi connectivity index (χ3n) is 4.84. The molecule has 0 aromatic rings. The van der Waals surface area contributed by atoms with Gasteiger partial charge in [-0.15, -0.1) is 0 Å². The van der Waals surface area contributed by atoms with Crippen molar-refractivity contribution in [1.82, 2.24) is 4.90 Å². The summed E-state index contributed by atoms with van der Waals surface area (Å²) in [5, 5.41) is 9.49. The van der Waals surface area contributed by atoms with Gasteiger partial charge in [0.2, 0.25) is 0 Å². The highest BCUT2D eigenvalue weighted by Crippen LogP contribution is 2.39. The standard InChI is InChI=1S/C14H22F3NO2/c15-14(16,17)11-4-8-18(9-5-11)10-13(12(19)20)6-2-1-3-7-13/h11H,1-10H2,(H,19,20). The SMILES string of the molecule is O=C(O)C1(CN2CCC(C(F)(F)F)CC2)CCCCC1. The topological polar surface area (TPSA) is 40.5 Å². The molecule has 6 heteroatoms. The molecule has 1 saturated heterocycles. The number of carboxylic acid groups (broad SMARTS) is 1. The normalized spacial score (nSPS) is 25.6. The fourth-order valence-corrected chi connectivity index (χ4v) is 3.51. The third-order valence-corrected chi connectivity index (χ3v) is 4.84. The van der Waals surface area contributed by atoms with Crippen molar-refractivity contribution in [2.75, 3.05) is 19.6 Å². The minimum Gasteiger partial charge on any atom is -0.481 e. The molecular weight excluding hydrogens is 271 g/mol. The number of carboxylic acids is 1. The number of likely N-dealkylation sites (tertiary alicyclic amines) is 1. The number of hydrogen-bond acceptors (Lipinski definition) is 2. The fourth-order valence-electron chi connectivity index (χ4n) is 3.51. The molecule has 0 amide bonds. The van der Waals surface area contributed by atoms with Gasteiger partial charge in [-0.2, -0.15) is 13.2 Å². The maximum absolute atomic E-state index is 12.6. The van der Waals surface area contributed by atoms with E-state index >= 15 is 0 Å². The monoisotopic (exact) mass is 293 g/mol. The summed E-state index contributed by atoms with van der Waals surface area (Å²) in [6.07, 6.45) is 0.269. The molecule has 0 atom stereocenters. The maximum Gasteiger partial charge on any atom is 0.391 e. The lowest BCUT2D eigenvalue weighted by atomic mass is 9.73. The molecule has 1 saturated carbocycles. The number of hydrogen-bond donors (Lipinski definition) is 1. The van der Waals surface area contributed by atoms with Crippen LogP contribution in [0.4, 0.5) is 13.2 Å². The highest BCUT2D eigenvalue weighted by Gasteiger charge is 2.44. The number of rotatable bonds is 3. The summed E-state index contributed by atoms with van der Waals surface area (Å²) in [5.74, 6) is -2.00. The van der Waals surface area contributed by atoms with Crippen LogP contribution in [0.25, 0.3) is 0 Å². The first-order valence-electron chi connectivity index (χ1n) is 7.36. The number of halogens is 3. The van der Waals surface area contributed by atoms with Gasteiger partial charge >= 0.3 is 12.1 Å². The summed E-state index contributed by atoms with van der Waals surface area (Å²) in [4.78, 5) is 13.5.